The number of methoxy groups -OCH3 is 1. The summed E-state index contributed by atoms with van der Waals surface area (Å²) in [4.78, 5) is 19.6. The van der Waals surface area contributed by atoms with Crippen LogP contribution in [-0.2, 0) is 19.4 Å². The molecular formula is C32H31ClN2O3S. The molecule has 200 valence electrons. The molecule has 5 rings (SSSR count). The van der Waals surface area contributed by atoms with Crippen LogP contribution in [0.25, 0.3) is 0 Å². The van der Waals surface area contributed by atoms with Crippen LogP contribution in [0.2, 0.25) is 5.02 Å². The predicted molar refractivity (Wildman–Crippen MR) is 161 cm³/mol. The number of carbonyl (C=O) groups excluding carboxylic acids is 1. The summed E-state index contributed by atoms with van der Waals surface area (Å²) in [5.74, 6) is 1.12. The molecule has 0 radical (unpaired) electrons. The summed E-state index contributed by atoms with van der Waals surface area (Å²) in [6.07, 6.45) is 8.34. The van der Waals surface area contributed by atoms with Gasteiger partial charge in [-0.15, -0.1) is 11.3 Å². The predicted octanol–water partition coefficient (Wildman–Crippen LogP) is 8.65. The molecule has 0 fully saturated rings. The first-order valence-electron chi connectivity index (χ1n) is 13.2. The molecule has 1 aromatic heterocycles. The van der Waals surface area contributed by atoms with Crippen LogP contribution in [0.1, 0.15) is 57.6 Å². The standard InChI is InChI=1S/C32H31ClN2O3S/c1-37-28-19-22(17-18-27(28)38-21-23-11-9-10-15-26(23)33)20-34-32-30(31(36)35-24-12-5-4-6-13-24)25-14-7-2-3-8-16-29(25)39-32/h4-6,9-13,15,17-20H,2-3,7-8,14,16,21H2,1H3,(H,35,36). The van der Waals surface area contributed by atoms with Gasteiger partial charge in [0.05, 0.1) is 12.7 Å². The number of fused-ring (bicyclic) bond motifs is 1. The summed E-state index contributed by atoms with van der Waals surface area (Å²) < 4.78 is 11.6. The second kappa shape index (κ2) is 13.0. The van der Waals surface area contributed by atoms with E-state index in [4.69, 9.17) is 26.1 Å². The SMILES string of the molecule is COc1cc(C=Nc2sc3c(c2C(=O)Nc2ccccc2)CCCCCC3)ccc1OCc1ccccc1Cl. The molecule has 0 aliphatic heterocycles. The number of hydrogen-bond donors (Lipinski definition) is 1. The Morgan fingerprint density at radius 3 is 2.54 bits per heavy atom. The summed E-state index contributed by atoms with van der Waals surface area (Å²) in [6.45, 7) is 0.337. The number of carbonyl (C=O) groups is 1. The molecule has 1 heterocycles. The van der Waals surface area contributed by atoms with E-state index in [-0.39, 0.29) is 5.91 Å². The highest BCUT2D eigenvalue weighted by molar-refractivity contribution is 7.16. The number of ether oxygens (including phenoxy) is 2. The van der Waals surface area contributed by atoms with Crippen molar-refractivity contribution < 1.29 is 14.3 Å². The second-order valence-electron chi connectivity index (χ2n) is 9.47. The van der Waals surface area contributed by atoms with Crippen LogP contribution < -0.4 is 14.8 Å². The number of para-hydroxylation sites is 1. The topological polar surface area (TPSA) is 59.9 Å². The van der Waals surface area contributed by atoms with Crippen LogP contribution in [0.3, 0.4) is 0 Å². The van der Waals surface area contributed by atoms with Crippen molar-refractivity contribution in [2.24, 2.45) is 4.99 Å². The molecule has 0 bridgehead atoms. The Kier molecular flexibility index (Phi) is 8.96. The van der Waals surface area contributed by atoms with E-state index in [0.717, 1.165) is 53.1 Å². The van der Waals surface area contributed by atoms with Crippen LogP contribution in [0.4, 0.5) is 10.7 Å². The lowest BCUT2D eigenvalue weighted by Gasteiger charge is -2.12. The van der Waals surface area contributed by atoms with Gasteiger partial charge in [0.25, 0.3) is 5.91 Å². The number of benzene rings is 3. The molecule has 0 atom stereocenters. The number of amides is 1. The number of halogens is 1. The zero-order valence-electron chi connectivity index (χ0n) is 21.9. The van der Waals surface area contributed by atoms with E-state index in [1.165, 1.54) is 17.7 Å². The minimum absolute atomic E-state index is 0.104. The van der Waals surface area contributed by atoms with E-state index in [1.54, 1.807) is 24.7 Å². The average molecular weight is 559 g/mol. The maximum absolute atomic E-state index is 13.5. The van der Waals surface area contributed by atoms with Gasteiger partial charge in [0.15, 0.2) is 11.5 Å². The lowest BCUT2D eigenvalue weighted by Crippen LogP contribution is -2.14. The first-order chi connectivity index (χ1) is 19.1. The molecule has 0 unspecified atom stereocenters. The Morgan fingerprint density at radius 1 is 0.974 bits per heavy atom. The van der Waals surface area contributed by atoms with Crippen LogP contribution in [0, 0.1) is 0 Å². The van der Waals surface area contributed by atoms with E-state index in [0.29, 0.717) is 28.7 Å². The molecule has 0 saturated heterocycles. The quantitative estimate of drug-likeness (QED) is 0.220. The molecule has 1 aliphatic rings. The van der Waals surface area contributed by atoms with E-state index >= 15 is 0 Å². The third-order valence-electron chi connectivity index (χ3n) is 6.77. The van der Waals surface area contributed by atoms with Gasteiger partial charge in [-0.1, -0.05) is 60.8 Å². The maximum atomic E-state index is 13.5. The van der Waals surface area contributed by atoms with Crippen molar-refractivity contribution >= 4 is 45.7 Å². The fourth-order valence-corrected chi connectivity index (χ4v) is 6.15. The Morgan fingerprint density at radius 2 is 1.74 bits per heavy atom. The van der Waals surface area contributed by atoms with Gasteiger partial charge in [-0.2, -0.15) is 0 Å². The number of nitrogens with one attached hydrogen (secondary N) is 1. The highest BCUT2D eigenvalue weighted by atomic mass is 35.5. The first kappa shape index (κ1) is 27.0. The minimum atomic E-state index is -0.104. The maximum Gasteiger partial charge on any atom is 0.259 e. The van der Waals surface area contributed by atoms with Crippen LogP contribution in [0.5, 0.6) is 11.5 Å². The number of aryl methyl sites for hydroxylation is 1. The van der Waals surface area contributed by atoms with Crippen molar-refractivity contribution in [2.45, 2.75) is 45.1 Å². The molecule has 3 aromatic carbocycles. The fourth-order valence-electron chi connectivity index (χ4n) is 4.73. The van der Waals surface area contributed by atoms with E-state index < -0.39 is 0 Å². The van der Waals surface area contributed by atoms with Crippen molar-refractivity contribution in [2.75, 3.05) is 12.4 Å². The Bertz CT molecular complexity index is 1470. The van der Waals surface area contributed by atoms with Crippen molar-refractivity contribution in [3.05, 3.63) is 105 Å². The molecule has 1 amide bonds. The number of anilines is 1. The van der Waals surface area contributed by atoms with E-state index in [9.17, 15) is 4.79 Å². The average Bonchev–Trinajstić information content (AvgIpc) is 3.28. The van der Waals surface area contributed by atoms with Gasteiger partial charge in [-0.05, 0) is 73.2 Å². The molecule has 5 nitrogen and oxygen atoms in total. The number of hydrogen-bond acceptors (Lipinski definition) is 5. The smallest absolute Gasteiger partial charge is 0.259 e. The lowest BCUT2D eigenvalue weighted by atomic mass is 9.96. The van der Waals surface area contributed by atoms with Gasteiger partial charge in [0.2, 0.25) is 0 Å². The fraction of sp³-hybridized carbons (Fsp3) is 0.250. The summed E-state index contributed by atoms with van der Waals surface area (Å²) in [5, 5.41) is 4.48. The molecule has 1 aliphatic carbocycles. The third kappa shape index (κ3) is 6.70. The molecule has 0 saturated carbocycles. The number of rotatable bonds is 8. The molecule has 0 spiro atoms. The van der Waals surface area contributed by atoms with Gasteiger partial charge in [-0.25, -0.2) is 4.99 Å². The van der Waals surface area contributed by atoms with Gasteiger partial charge < -0.3 is 14.8 Å². The summed E-state index contributed by atoms with van der Waals surface area (Å²) >= 11 is 7.90. The van der Waals surface area contributed by atoms with E-state index in [1.807, 2.05) is 72.8 Å². The summed E-state index contributed by atoms with van der Waals surface area (Å²) in [6, 6.07) is 22.9. The zero-order valence-corrected chi connectivity index (χ0v) is 23.5. The normalized spacial score (nSPS) is 13.4. The second-order valence-corrected chi connectivity index (χ2v) is 11.0. The number of thiophene rings is 1. The van der Waals surface area contributed by atoms with Gasteiger partial charge >= 0.3 is 0 Å². The molecular weight excluding hydrogens is 528 g/mol. The van der Waals surface area contributed by atoms with Gasteiger partial charge in [0.1, 0.15) is 11.6 Å². The number of nitrogens with zero attached hydrogens (tertiary/aromatic N) is 1. The highest BCUT2D eigenvalue weighted by Crippen LogP contribution is 2.39. The molecule has 7 heteroatoms. The van der Waals surface area contributed by atoms with Crippen molar-refractivity contribution in [1.82, 2.24) is 0 Å². The van der Waals surface area contributed by atoms with E-state index in [2.05, 4.69) is 5.32 Å². The van der Waals surface area contributed by atoms with Gasteiger partial charge in [0, 0.05) is 27.4 Å². The Labute approximate surface area is 238 Å². The summed E-state index contributed by atoms with van der Waals surface area (Å²) in [5.41, 5.74) is 4.39. The van der Waals surface area contributed by atoms with Crippen molar-refractivity contribution in [1.29, 1.82) is 0 Å². The Hall–Kier alpha value is -3.61. The van der Waals surface area contributed by atoms with Crippen LogP contribution >= 0.6 is 22.9 Å². The van der Waals surface area contributed by atoms with Crippen LogP contribution in [0.15, 0.2) is 77.8 Å². The monoisotopic (exact) mass is 558 g/mol. The zero-order chi connectivity index (χ0) is 27.0. The largest absolute Gasteiger partial charge is 0.493 e. The molecule has 1 N–H and O–H groups in total. The molecule has 4 aromatic rings. The summed E-state index contributed by atoms with van der Waals surface area (Å²) in [7, 11) is 1.61. The number of aliphatic imine (C=N–C) groups is 1. The lowest BCUT2D eigenvalue weighted by molar-refractivity contribution is 0.102. The first-order valence-corrected chi connectivity index (χ1v) is 14.4. The van der Waals surface area contributed by atoms with Gasteiger partial charge in [-0.3, -0.25) is 4.79 Å². The molecule has 39 heavy (non-hydrogen) atoms. The minimum Gasteiger partial charge on any atom is -0.493 e. The van der Waals surface area contributed by atoms with Crippen LogP contribution in [-0.4, -0.2) is 19.2 Å². The van der Waals surface area contributed by atoms with Crippen molar-refractivity contribution in [3.8, 4) is 11.5 Å². The third-order valence-corrected chi connectivity index (χ3v) is 8.34. The Balaban J connectivity index is 1.40. The highest BCUT2D eigenvalue weighted by Gasteiger charge is 2.24. The van der Waals surface area contributed by atoms with Crippen molar-refractivity contribution in [3.63, 3.8) is 0 Å².